The lowest BCUT2D eigenvalue weighted by Crippen LogP contribution is -2.50. The van der Waals surface area contributed by atoms with Crippen LogP contribution in [0.1, 0.15) is 42.0 Å². The van der Waals surface area contributed by atoms with Crippen LogP contribution in [0.4, 0.5) is 22.0 Å². The van der Waals surface area contributed by atoms with Gasteiger partial charge in [-0.15, -0.1) is 0 Å². The van der Waals surface area contributed by atoms with Crippen LogP contribution in [0.25, 0.3) is 0 Å². The number of fused-ring (bicyclic) bond motifs is 4. The molecule has 1 amide bonds. The van der Waals surface area contributed by atoms with Crippen molar-refractivity contribution in [3.05, 3.63) is 70.5 Å². The van der Waals surface area contributed by atoms with Gasteiger partial charge in [0.05, 0.1) is 13.2 Å². The summed E-state index contributed by atoms with van der Waals surface area (Å²) in [5.74, 6) is 0.359. The summed E-state index contributed by atoms with van der Waals surface area (Å²) in [5, 5.41) is 0. The van der Waals surface area contributed by atoms with Crippen LogP contribution < -0.4 is 0 Å². The van der Waals surface area contributed by atoms with Gasteiger partial charge < -0.3 is 9.64 Å². The van der Waals surface area contributed by atoms with Gasteiger partial charge in [-0.25, -0.2) is 8.78 Å². The van der Waals surface area contributed by atoms with E-state index >= 15 is 0 Å². The maximum atomic E-state index is 14.8. The van der Waals surface area contributed by atoms with Crippen molar-refractivity contribution in [2.24, 2.45) is 17.8 Å². The number of amides is 1. The van der Waals surface area contributed by atoms with Gasteiger partial charge in [0.15, 0.2) is 0 Å². The first-order chi connectivity index (χ1) is 17.0. The first-order valence-electron chi connectivity index (χ1n) is 12.6. The molecule has 3 nitrogen and oxygen atoms in total. The number of nitrogens with zero attached hydrogens (tertiary/aromatic N) is 1. The van der Waals surface area contributed by atoms with Gasteiger partial charge in [-0.1, -0.05) is 30.3 Å². The maximum absolute atomic E-state index is 14.8. The minimum Gasteiger partial charge on any atom is -0.381 e. The zero-order chi connectivity index (χ0) is 25.5. The monoisotopic (exact) mass is 505 g/mol. The second-order valence-electron chi connectivity index (χ2n) is 11.1. The van der Waals surface area contributed by atoms with E-state index < -0.39 is 22.8 Å². The number of rotatable bonds is 4. The number of aryl methyl sites for hydroxylation is 1. The Balaban J connectivity index is 1.39. The Morgan fingerprint density at radius 2 is 1.78 bits per heavy atom. The van der Waals surface area contributed by atoms with E-state index in [4.69, 9.17) is 4.74 Å². The molecule has 6 atom stereocenters. The molecular weight excluding hydrogens is 477 g/mol. The number of halogens is 5. The van der Waals surface area contributed by atoms with Gasteiger partial charge in [0.1, 0.15) is 5.82 Å². The van der Waals surface area contributed by atoms with E-state index in [-0.39, 0.29) is 35.5 Å². The van der Waals surface area contributed by atoms with Crippen LogP contribution >= 0.6 is 0 Å². The minimum absolute atomic E-state index is 0.0109. The molecule has 0 spiro atoms. The molecule has 36 heavy (non-hydrogen) atoms. The highest BCUT2D eigenvalue weighted by atomic mass is 19.4. The summed E-state index contributed by atoms with van der Waals surface area (Å²) in [6.45, 7) is 2.35. The largest absolute Gasteiger partial charge is 0.426 e. The zero-order valence-corrected chi connectivity index (χ0v) is 20.0. The van der Waals surface area contributed by atoms with Crippen molar-refractivity contribution in [2.75, 3.05) is 19.8 Å². The average Bonchev–Trinajstić information content (AvgIpc) is 3.15. The molecule has 0 aromatic heterocycles. The van der Waals surface area contributed by atoms with Crippen molar-refractivity contribution >= 4 is 5.91 Å². The summed E-state index contributed by atoms with van der Waals surface area (Å²) in [4.78, 5) is 15.6. The third kappa shape index (κ3) is 3.51. The Bertz CT molecular complexity index is 1180. The Kier molecular flexibility index (Phi) is 5.31. The second-order valence-corrected chi connectivity index (χ2v) is 11.1. The van der Waals surface area contributed by atoms with Gasteiger partial charge in [0, 0.05) is 23.9 Å². The van der Waals surface area contributed by atoms with E-state index in [1.165, 1.54) is 24.3 Å². The van der Waals surface area contributed by atoms with Gasteiger partial charge in [0.2, 0.25) is 11.6 Å². The van der Waals surface area contributed by atoms with Crippen molar-refractivity contribution in [2.45, 2.75) is 55.9 Å². The smallest absolute Gasteiger partial charge is 0.381 e. The summed E-state index contributed by atoms with van der Waals surface area (Å²) >= 11 is 0. The summed E-state index contributed by atoms with van der Waals surface area (Å²) in [6, 6.07) is 10.4. The molecule has 2 aliphatic carbocycles. The fraction of sp³-hybridized carbons (Fsp3) is 0.536. The van der Waals surface area contributed by atoms with E-state index in [2.05, 4.69) is 0 Å². The molecule has 3 fully saturated rings. The number of hydrogen-bond acceptors (Lipinski definition) is 2. The molecule has 1 saturated carbocycles. The number of ether oxygens (including phenoxy) is 1. The quantitative estimate of drug-likeness (QED) is 0.515. The number of alkyl halides is 4. The van der Waals surface area contributed by atoms with Gasteiger partial charge in [-0.2, -0.15) is 13.2 Å². The molecule has 2 aliphatic heterocycles. The molecule has 8 heteroatoms. The number of benzene rings is 2. The summed E-state index contributed by atoms with van der Waals surface area (Å²) in [7, 11) is 0. The Hall–Kier alpha value is -2.48. The SMILES string of the molecule is CC(F)(c1ccc2c(c1)CC[C@H]1N(C(=O)C3[C@H]4COC[C@@H]34)CC[C@@]21Cc1ccc(F)cc1)C(F)(F)F. The predicted molar refractivity (Wildman–Crippen MR) is 122 cm³/mol. The molecule has 2 heterocycles. The third-order valence-electron chi connectivity index (χ3n) is 9.17. The van der Waals surface area contributed by atoms with Crippen molar-refractivity contribution in [3.8, 4) is 0 Å². The fourth-order valence-electron chi connectivity index (χ4n) is 7.05. The molecule has 2 aromatic carbocycles. The van der Waals surface area contributed by atoms with Crippen molar-refractivity contribution < 1.29 is 31.5 Å². The van der Waals surface area contributed by atoms with E-state index in [1.54, 1.807) is 18.2 Å². The molecule has 6 rings (SSSR count). The summed E-state index contributed by atoms with van der Waals surface area (Å²) in [5.41, 5.74) is -1.91. The molecular formula is C28H28F5NO2. The zero-order valence-electron chi connectivity index (χ0n) is 20.0. The first kappa shape index (κ1) is 23.9. The van der Waals surface area contributed by atoms with Gasteiger partial charge in [-0.3, -0.25) is 4.79 Å². The fourth-order valence-corrected chi connectivity index (χ4v) is 7.05. The van der Waals surface area contributed by atoms with Crippen LogP contribution in [-0.4, -0.2) is 42.8 Å². The van der Waals surface area contributed by atoms with Gasteiger partial charge in [0.25, 0.3) is 0 Å². The van der Waals surface area contributed by atoms with Crippen molar-refractivity contribution in [3.63, 3.8) is 0 Å². The van der Waals surface area contributed by atoms with E-state index in [9.17, 15) is 26.7 Å². The van der Waals surface area contributed by atoms with Crippen molar-refractivity contribution in [1.29, 1.82) is 0 Å². The van der Waals surface area contributed by atoms with Crippen LogP contribution in [-0.2, 0) is 33.5 Å². The lowest BCUT2D eigenvalue weighted by atomic mass is 9.63. The van der Waals surface area contributed by atoms with E-state index in [0.29, 0.717) is 57.9 Å². The molecule has 2 aromatic rings. The highest BCUT2D eigenvalue weighted by Gasteiger charge is 2.62. The average molecular weight is 506 g/mol. The number of likely N-dealkylation sites (tertiary alicyclic amines) is 1. The molecule has 0 N–H and O–H groups in total. The van der Waals surface area contributed by atoms with Crippen LogP contribution in [0.15, 0.2) is 42.5 Å². The molecule has 2 unspecified atom stereocenters. The standard InChI is InChI=1S/C28H28F5NO2/c1-26(30,28(31,32)33)18-5-8-22-17(12-18)4-9-23-27(22,13-16-2-6-19(29)7-3-16)10-11-34(23)25(35)24-20-14-36-15-21(20)24/h2-3,5-8,12,20-21,23-24H,4,9-11,13-15H2,1H3/t20-,21+,23-,24?,26?,27-/m1/s1. The highest BCUT2D eigenvalue weighted by Crippen LogP contribution is 2.55. The Morgan fingerprint density at radius 3 is 2.44 bits per heavy atom. The predicted octanol–water partition coefficient (Wildman–Crippen LogP) is 5.49. The van der Waals surface area contributed by atoms with Gasteiger partial charge >= 0.3 is 6.18 Å². The minimum atomic E-state index is -5.02. The maximum Gasteiger partial charge on any atom is 0.426 e. The molecule has 0 bridgehead atoms. The number of carbonyl (C=O) groups excluding carboxylic acids is 1. The number of carbonyl (C=O) groups is 1. The van der Waals surface area contributed by atoms with E-state index in [0.717, 1.165) is 11.1 Å². The number of hydrogen-bond donors (Lipinski definition) is 0. The molecule has 192 valence electrons. The topological polar surface area (TPSA) is 29.5 Å². The molecule has 0 radical (unpaired) electrons. The van der Waals surface area contributed by atoms with Crippen LogP contribution in [0.5, 0.6) is 0 Å². The third-order valence-corrected chi connectivity index (χ3v) is 9.17. The highest BCUT2D eigenvalue weighted by molar-refractivity contribution is 5.83. The Labute approximate surface area is 206 Å². The van der Waals surface area contributed by atoms with Crippen LogP contribution in [0, 0.1) is 23.6 Å². The lowest BCUT2D eigenvalue weighted by Gasteiger charge is -2.44. The molecule has 2 saturated heterocycles. The summed E-state index contributed by atoms with van der Waals surface area (Å²) < 4.78 is 74.1. The van der Waals surface area contributed by atoms with E-state index in [1.807, 2.05) is 4.90 Å². The second kappa shape index (κ2) is 8.01. The van der Waals surface area contributed by atoms with Gasteiger partial charge in [-0.05, 0) is 78.8 Å². The Morgan fingerprint density at radius 1 is 1.08 bits per heavy atom. The lowest BCUT2D eigenvalue weighted by molar-refractivity contribution is -0.228. The van der Waals surface area contributed by atoms with Crippen LogP contribution in [0.3, 0.4) is 0 Å². The first-order valence-corrected chi connectivity index (χ1v) is 12.6. The normalized spacial score (nSPS) is 32.4. The van der Waals surface area contributed by atoms with Crippen molar-refractivity contribution in [1.82, 2.24) is 4.90 Å². The van der Waals surface area contributed by atoms with Crippen LogP contribution in [0.2, 0.25) is 0 Å². The molecule has 4 aliphatic rings. The summed E-state index contributed by atoms with van der Waals surface area (Å²) in [6.07, 6.45) is -2.78.